The van der Waals surface area contributed by atoms with Crippen LogP contribution in [-0.2, 0) is 16.1 Å². The van der Waals surface area contributed by atoms with Gasteiger partial charge in [-0.25, -0.2) is 0 Å². The van der Waals surface area contributed by atoms with Gasteiger partial charge >= 0.3 is 5.97 Å². The molecule has 0 atom stereocenters. The summed E-state index contributed by atoms with van der Waals surface area (Å²) in [6.07, 6.45) is 0.973. The lowest BCUT2D eigenvalue weighted by atomic mass is 10.2. The van der Waals surface area contributed by atoms with E-state index in [1.807, 2.05) is 17.0 Å². The van der Waals surface area contributed by atoms with Gasteiger partial charge in [-0.1, -0.05) is 36.2 Å². The summed E-state index contributed by atoms with van der Waals surface area (Å²) in [4.78, 5) is 13.6. The molecule has 0 heterocycles. The Kier molecular flexibility index (Phi) is 7.21. The Morgan fingerprint density at radius 3 is 2.58 bits per heavy atom. The van der Waals surface area contributed by atoms with Gasteiger partial charge in [0.1, 0.15) is 0 Å². The number of rotatable bonds is 7. The van der Waals surface area contributed by atoms with Crippen LogP contribution in [-0.4, -0.2) is 30.6 Å². The second-order valence-corrected chi connectivity index (χ2v) is 5.08. The van der Waals surface area contributed by atoms with Crippen LogP contribution in [0.2, 0.25) is 10.0 Å². The van der Waals surface area contributed by atoms with Gasteiger partial charge in [-0.15, -0.1) is 0 Å². The van der Waals surface area contributed by atoms with E-state index in [2.05, 4.69) is 6.92 Å². The number of ether oxygens (including phenoxy) is 1. The molecule has 0 saturated carbocycles. The van der Waals surface area contributed by atoms with E-state index in [1.54, 1.807) is 13.0 Å². The Bertz CT molecular complexity index is 424. The molecule has 0 spiro atoms. The minimum atomic E-state index is -0.198. The van der Waals surface area contributed by atoms with Crippen molar-refractivity contribution < 1.29 is 9.53 Å². The highest BCUT2D eigenvalue weighted by Crippen LogP contribution is 2.23. The lowest BCUT2D eigenvalue weighted by molar-refractivity contribution is -0.144. The van der Waals surface area contributed by atoms with Gasteiger partial charge in [-0.3, -0.25) is 9.69 Å². The summed E-state index contributed by atoms with van der Waals surface area (Å²) in [7, 11) is 0. The van der Waals surface area contributed by atoms with Gasteiger partial charge in [0.25, 0.3) is 0 Å². The molecule has 3 nitrogen and oxygen atoms in total. The molecule has 1 aromatic carbocycles. The second-order valence-electron chi connectivity index (χ2n) is 4.26. The first-order valence-electron chi connectivity index (χ1n) is 6.38. The van der Waals surface area contributed by atoms with Gasteiger partial charge in [0, 0.05) is 6.54 Å². The number of benzene rings is 1. The van der Waals surface area contributed by atoms with Gasteiger partial charge in [-0.2, -0.15) is 0 Å². The fraction of sp³-hybridized carbons (Fsp3) is 0.500. The van der Waals surface area contributed by atoms with Crippen LogP contribution < -0.4 is 0 Å². The van der Waals surface area contributed by atoms with Crippen LogP contribution in [0.5, 0.6) is 0 Å². The summed E-state index contributed by atoms with van der Waals surface area (Å²) in [5.74, 6) is -0.198. The fourth-order valence-electron chi connectivity index (χ4n) is 1.82. The molecule has 0 bridgehead atoms. The minimum Gasteiger partial charge on any atom is -0.465 e. The quantitative estimate of drug-likeness (QED) is 0.718. The number of esters is 1. The summed E-state index contributed by atoms with van der Waals surface area (Å²) in [6.45, 7) is 6.07. The highest BCUT2D eigenvalue weighted by atomic mass is 35.5. The third-order valence-corrected chi connectivity index (χ3v) is 3.33. The first kappa shape index (κ1) is 16.3. The fourth-order valence-corrected chi connectivity index (χ4v) is 2.14. The van der Waals surface area contributed by atoms with Crippen molar-refractivity contribution >= 4 is 29.2 Å². The molecule has 0 saturated heterocycles. The molecule has 1 aromatic rings. The smallest absolute Gasteiger partial charge is 0.320 e. The zero-order valence-electron chi connectivity index (χ0n) is 11.3. The number of halogens is 2. The predicted molar refractivity (Wildman–Crippen MR) is 78.7 cm³/mol. The Hall–Kier alpha value is -0.770. The van der Waals surface area contributed by atoms with E-state index in [0.717, 1.165) is 18.5 Å². The molecule has 19 heavy (non-hydrogen) atoms. The number of hydrogen-bond acceptors (Lipinski definition) is 3. The van der Waals surface area contributed by atoms with E-state index in [0.29, 0.717) is 29.7 Å². The summed E-state index contributed by atoms with van der Waals surface area (Å²) in [6, 6.07) is 5.52. The zero-order valence-corrected chi connectivity index (χ0v) is 12.8. The van der Waals surface area contributed by atoms with E-state index in [9.17, 15) is 4.79 Å². The zero-order chi connectivity index (χ0) is 14.3. The highest BCUT2D eigenvalue weighted by Gasteiger charge is 2.12. The Balaban J connectivity index is 2.66. The van der Waals surface area contributed by atoms with Crippen molar-refractivity contribution in [1.82, 2.24) is 4.90 Å². The van der Waals surface area contributed by atoms with Crippen LogP contribution >= 0.6 is 23.2 Å². The number of carbonyl (C=O) groups excluding carboxylic acids is 1. The highest BCUT2D eigenvalue weighted by molar-refractivity contribution is 6.42. The Labute approximate surface area is 124 Å². The molecule has 0 aromatic heterocycles. The lowest BCUT2D eigenvalue weighted by Gasteiger charge is -2.20. The van der Waals surface area contributed by atoms with Gasteiger partial charge < -0.3 is 4.74 Å². The van der Waals surface area contributed by atoms with Crippen LogP contribution in [0, 0.1) is 0 Å². The Morgan fingerprint density at radius 1 is 1.26 bits per heavy atom. The lowest BCUT2D eigenvalue weighted by Crippen LogP contribution is -2.31. The maximum Gasteiger partial charge on any atom is 0.320 e. The minimum absolute atomic E-state index is 0.198. The number of carbonyl (C=O) groups is 1. The molecule has 0 aliphatic heterocycles. The standard InChI is InChI=1S/C14H19Cl2NO2/c1-3-7-17(10-14(18)19-4-2)9-11-5-6-12(15)13(16)8-11/h5-6,8H,3-4,7,9-10H2,1-2H3. The maximum absolute atomic E-state index is 11.5. The van der Waals surface area contributed by atoms with Crippen molar-refractivity contribution in [2.45, 2.75) is 26.8 Å². The van der Waals surface area contributed by atoms with Crippen molar-refractivity contribution in [3.8, 4) is 0 Å². The van der Waals surface area contributed by atoms with Gasteiger partial charge in [0.15, 0.2) is 0 Å². The van der Waals surface area contributed by atoms with Gasteiger partial charge in [0.2, 0.25) is 0 Å². The molecule has 5 heteroatoms. The van der Waals surface area contributed by atoms with Gasteiger partial charge in [0.05, 0.1) is 23.2 Å². The summed E-state index contributed by atoms with van der Waals surface area (Å²) in [5.41, 5.74) is 1.03. The average Bonchev–Trinajstić information content (AvgIpc) is 2.34. The topological polar surface area (TPSA) is 29.5 Å². The molecule has 106 valence electrons. The Morgan fingerprint density at radius 2 is 2.00 bits per heavy atom. The normalized spacial score (nSPS) is 10.8. The van der Waals surface area contributed by atoms with Crippen LogP contribution in [0.15, 0.2) is 18.2 Å². The predicted octanol–water partition coefficient (Wildman–Crippen LogP) is 3.77. The molecule has 0 amide bonds. The van der Waals surface area contributed by atoms with Crippen molar-refractivity contribution in [3.63, 3.8) is 0 Å². The third kappa shape index (κ3) is 5.81. The summed E-state index contributed by atoms with van der Waals surface area (Å²) < 4.78 is 4.97. The molecule has 1 rings (SSSR count). The number of hydrogen-bond donors (Lipinski definition) is 0. The second kappa shape index (κ2) is 8.41. The van der Waals surface area contributed by atoms with E-state index in [-0.39, 0.29) is 5.97 Å². The average molecular weight is 304 g/mol. The van der Waals surface area contributed by atoms with E-state index < -0.39 is 0 Å². The molecule has 0 unspecified atom stereocenters. The van der Waals surface area contributed by atoms with Crippen molar-refractivity contribution in [1.29, 1.82) is 0 Å². The molecule has 0 radical (unpaired) electrons. The molecule has 0 aliphatic carbocycles. The molecule has 0 N–H and O–H groups in total. The van der Waals surface area contributed by atoms with E-state index >= 15 is 0 Å². The SMILES string of the molecule is CCCN(CC(=O)OCC)Cc1ccc(Cl)c(Cl)c1. The van der Waals surface area contributed by atoms with Crippen molar-refractivity contribution in [2.75, 3.05) is 19.7 Å². The number of nitrogens with zero attached hydrogens (tertiary/aromatic N) is 1. The molecular weight excluding hydrogens is 285 g/mol. The van der Waals surface area contributed by atoms with Crippen LogP contribution in [0.25, 0.3) is 0 Å². The van der Waals surface area contributed by atoms with Crippen LogP contribution in [0.4, 0.5) is 0 Å². The molecule has 0 aliphatic rings. The van der Waals surface area contributed by atoms with Crippen molar-refractivity contribution in [2.24, 2.45) is 0 Å². The van der Waals surface area contributed by atoms with Gasteiger partial charge in [-0.05, 0) is 37.6 Å². The van der Waals surface area contributed by atoms with Crippen LogP contribution in [0.1, 0.15) is 25.8 Å². The third-order valence-electron chi connectivity index (χ3n) is 2.59. The molecule has 0 fully saturated rings. The first-order valence-corrected chi connectivity index (χ1v) is 7.14. The monoisotopic (exact) mass is 303 g/mol. The largest absolute Gasteiger partial charge is 0.465 e. The summed E-state index contributed by atoms with van der Waals surface area (Å²) in [5, 5.41) is 1.07. The maximum atomic E-state index is 11.5. The van der Waals surface area contributed by atoms with E-state index in [4.69, 9.17) is 27.9 Å². The summed E-state index contributed by atoms with van der Waals surface area (Å²) >= 11 is 11.9. The van der Waals surface area contributed by atoms with Crippen molar-refractivity contribution in [3.05, 3.63) is 33.8 Å². The molecular formula is C14H19Cl2NO2. The van der Waals surface area contributed by atoms with Crippen LogP contribution in [0.3, 0.4) is 0 Å². The first-order chi connectivity index (χ1) is 9.06. The van der Waals surface area contributed by atoms with E-state index in [1.165, 1.54) is 0 Å².